The summed E-state index contributed by atoms with van der Waals surface area (Å²) in [5, 5.41) is 3.15. The van der Waals surface area contributed by atoms with Gasteiger partial charge >= 0.3 is 0 Å². The van der Waals surface area contributed by atoms with Crippen LogP contribution in [0.3, 0.4) is 0 Å². The molecule has 1 unspecified atom stereocenters. The first kappa shape index (κ1) is 12.3. The monoisotopic (exact) mass is 236 g/mol. The van der Waals surface area contributed by atoms with E-state index < -0.39 is 0 Å². The van der Waals surface area contributed by atoms with Crippen LogP contribution in [-0.2, 0) is 11.3 Å². The number of aryl methyl sites for hydroxylation is 1. The first-order valence-electron chi connectivity index (χ1n) is 5.99. The molecule has 1 aliphatic rings. The van der Waals surface area contributed by atoms with Crippen molar-refractivity contribution < 1.29 is 4.74 Å². The second-order valence-electron chi connectivity index (χ2n) is 4.39. The largest absolute Gasteiger partial charge is 0.380 e. The van der Waals surface area contributed by atoms with Crippen LogP contribution in [0.1, 0.15) is 17.8 Å². The van der Waals surface area contributed by atoms with Gasteiger partial charge in [0.1, 0.15) is 11.6 Å². The molecule has 1 fully saturated rings. The van der Waals surface area contributed by atoms with Crippen molar-refractivity contribution >= 4 is 5.82 Å². The molecular formula is C12H20N4O. The fourth-order valence-electron chi connectivity index (χ4n) is 2.18. The molecular weight excluding hydrogens is 216 g/mol. The van der Waals surface area contributed by atoms with Gasteiger partial charge in [-0.3, -0.25) is 0 Å². The molecule has 1 atom stereocenters. The first-order chi connectivity index (χ1) is 8.24. The van der Waals surface area contributed by atoms with E-state index in [4.69, 9.17) is 4.74 Å². The minimum Gasteiger partial charge on any atom is -0.380 e. The molecule has 5 heteroatoms. The van der Waals surface area contributed by atoms with Crippen molar-refractivity contribution in [3.05, 3.63) is 17.6 Å². The van der Waals surface area contributed by atoms with Gasteiger partial charge in [0.2, 0.25) is 0 Å². The van der Waals surface area contributed by atoms with Crippen molar-refractivity contribution in [3.63, 3.8) is 0 Å². The van der Waals surface area contributed by atoms with Crippen LogP contribution >= 0.6 is 0 Å². The highest BCUT2D eigenvalue weighted by Crippen LogP contribution is 2.23. The quantitative estimate of drug-likeness (QED) is 0.835. The summed E-state index contributed by atoms with van der Waals surface area (Å²) >= 11 is 0. The van der Waals surface area contributed by atoms with Crippen LogP contribution in [0.5, 0.6) is 0 Å². The Hall–Kier alpha value is -1.20. The van der Waals surface area contributed by atoms with Crippen molar-refractivity contribution in [1.82, 2.24) is 15.3 Å². The van der Waals surface area contributed by atoms with Crippen molar-refractivity contribution in [3.8, 4) is 0 Å². The lowest BCUT2D eigenvalue weighted by Gasteiger charge is -2.20. The van der Waals surface area contributed by atoms with Crippen LogP contribution in [0, 0.1) is 6.92 Å². The molecule has 0 aromatic carbocycles. The molecule has 5 nitrogen and oxygen atoms in total. The van der Waals surface area contributed by atoms with E-state index in [0.29, 0.717) is 6.10 Å². The standard InChI is InChI=1S/C12H20N4O/c1-9-14-7-10(6-13-2)12(15-9)16-5-4-11(8-16)17-3/h7,11,13H,4-6,8H2,1-3H3. The molecule has 17 heavy (non-hydrogen) atoms. The Morgan fingerprint density at radius 3 is 3.06 bits per heavy atom. The summed E-state index contributed by atoms with van der Waals surface area (Å²) in [6.45, 7) is 4.65. The second kappa shape index (κ2) is 5.42. The highest BCUT2D eigenvalue weighted by molar-refractivity contribution is 5.47. The molecule has 2 heterocycles. The average molecular weight is 236 g/mol. The topological polar surface area (TPSA) is 50.3 Å². The predicted octanol–water partition coefficient (Wildman–Crippen LogP) is 0.730. The average Bonchev–Trinajstić information content (AvgIpc) is 2.80. The summed E-state index contributed by atoms with van der Waals surface area (Å²) in [4.78, 5) is 11.1. The first-order valence-corrected chi connectivity index (χ1v) is 5.99. The zero-order chi connectivity index (χ0) is 12.3. The lowest BCUT2D eigenvalue weighted by Crippen LogP contribution is -2.25. The van der Waals surface area contributed by atoms with Crippen molar-refractivity contribution in [1.29, 1.82) is 0 Å². The van der Waals surface area contributed by atoms with E-state index >= 15 is 0 Å². The summed E-state index contributed by atoms with van der Waals surface area (Å²) in [5.74, 6) is 1.87. The molecule has 0 radical (unpaired) electrons. The minimum atomic E-state index is 0.327. The van der Waals surface area contributed by atoms with Crippen LogP contribution in [0.25, 0.3) is 0 Å². The van der Waals surface area contributed by atoms with Crippen molar-refractivity contribution in [2.75, 3.05) is 32.1 Å². The van der Waals surface area contributed by atoms with Gasteiger partial charge in [-0.1, -0.05) is 0 Å². The van der Waals surface area contributed by atoms with Gasteiger partial charge in [-0.25, -0.2) is 9.97 Å². The Kier molecular flexibility index (Phi) is 3.91. The van der Waals surface area contributed by atoms with Gasteiger partial charge in [-0.15, -0.1) is 0 Å². The SMILES string of the molecule is CNCc1cnc(C)nc1N1CCC(OC)C1. The lowest BCUT2D eigenvalue weighted by molar-refractivity contribution is 0.121. The molecule has 94 valence electrons. The third-order valence-electron chi connectivity index (χ3n) is 3.11. The highest BCUT2D eigenvalue weighted by Gasteiger charge is 2.24. The number of nitrogens with zero attached hydrogens (tertiary/aromatic N) is 3. The molecule has 1 N–H and O–H groups in total. The van der Waals surface area contributed by atoms with E-state index in [-0.39, 0.29) is 0 Å². The molecule has 1 aliphatic heterocycles. The molecule has 2 rings (SSSR count). The molecule has 0 saturated carbocycles. The Bertz CT molecular complexity index is 383. The summed E-state index contributed by atoms with van der Waals surface area (Å²) in [7, 11) is 3.71. The predicted molar refractivity (Wildman–Crippen MR) is 67.2 cm³/mol. The molecule has 1 saturated heterocycles. The molecule has 0 bridgehead atoms. The maximum atomic E-state index is 5.39. The lowest BCUT2D eigenvalue weighted by atomic mass is 10.3. The molecule has 1 aromatic heterocycles. The van der Waals surface area contributed by atoms with E-state index in [9.17, 15) is 0 Å². The second-order valence-corrected chi connectivity index (χ2v) is 4.39. The molecule has 0 spiro atoms. The minimum absolute atomic E-state index is 0.327. The normalized spacial score (nSPS) is 19.9. The number of aromatic nitrogens is 2. The van der Waals surface area contributed by atoms with Crippen LogP contribution in [0.4, 0.5) is 5.82 Å². The van der Waals surface area contributed by atoms with E-state index in [1.807, 2.05) is 20.2 Å². The third kappa shape index (κ3) is 2.73. The fourth-order valence-corrected chi connectivity index (χ4v) is 2.18. The summed E-state index contributed by atoms with van der Waals surface area (Å²) in [6, 6.07) is 0. The maximum Gasteiger partial charge on any atom is 0.136 e. The summed E-state index contributed by atoms with van der Waals surface area (Å²) in [6.07, 6.45) is 3.31. The van der Waals surface area contributed by atoms with Gasteiger partial charge in [0.05, 0.1) is 6.10 Å². The Balaban J connectivity index is 2.21. The smallest absolute Gasteiger partial charge is 0.136 e. The molecule has 1 aromatic rings. The summed E-state index contributed by atoms with van der Waals surface area (Å²) < 4.78 is 5.39. The van der Waals surface area contributed by atoms with Gasteiger partial charge in [-0.2, -0.15) is 0 Å². The number of rotatable bonds is 4. The number of hydrogen-bond acceptors (Lipinski definition) is 5. The Morgan fingerprint density at radius 1 is 1.59 bits per heavy atom. The van der Waals surface area contributed by atoms with Gasteiger partial charge in [-0.05, 0) is 20.4 Å². The third-order valence-corrected chi connectivity index (χ3v) is 3.11. The Labute approximate surface area is 102 Å². The summed E-state index contributed by atoms with van der Waals surface area (Å²) in [5.41, 5.74) is 1.15. The van der Waals surface area contributed by atoms with E-state index in [2.05, 4.69) is 20.2 Å². The fraction of sp³-hybridized carbons (Fsp3) is 0.667. The van der Waals surface area contributed by atoms with Gasteiger partial charge in [0.25, 0.3) is 0 Å². The van der Waals surface area contributed by atoms with E-state index in [1.54, 1.807) is 7.11 Å². The number of hydrogen-bond donors (Lipinski definition) is 1. The number of methoxy groups -OCH3 is 1. The van der Waals surface area contributed by atoms with Crippen LogP contribution in [-0.4, -0.2) is 43.3 Å². The number of ether oxygens (including phenoxy) is 1. The van der Waals surface area contributed by atoms with E-state index in [0.717, 1.165) is 43.3 Å². The van der Waals surface area contributed by atoms with Gasteiger partial charge in [0, 0.05) is 38.5 Å². The Morgan fingerprint density at radius 2 is 2.41 bits per heavy atom. The van der Waals surface area contributed by atoms with Gasteiger partial charge < -0.3 is 15.0 Å². The van der Waals surface area contributed by atoms with Crippen LogP contribution in [0.2, 0.25) is 0 Å². The highest BCUT2D eigenvalue weighted by atomic mass is 16.5. The number of nitrogens with one attached hydrogen (secondary N) is 1. The zero-order valence-electron chi connectivity index (χ0n) is 10.7. The zero-order valence-corrected chi connectivity index (χ0v) is 10.7. The molecule has 0 amide bonds. The molecule has 0 aliphatic carbocycles. The van der Waals surface area contributed by atoms with Crippen molar-refractivity contribution in [2.24, 2.45) is 0 Å². The van der Waals surface area contributed by atoms with Crippen LogP contribution < -0.4 is 10.2 Å². The van der Waals surface area contributed by atoms with Gasteiger partial charge in [0.15, 0.2) is 0 Å². The van der Waals surface area contributed by atoms with E-state index in [1.165, 1.54) is 0 Å². The van der Waals surface area contributed by atoms with Crippen LogP contribution in [0.15, 0.2) is 6.20 Å². The number of anilines is 1. The maximum absolute atomic E-state index is 5.39. The van der Waals surface area contributed by atoms with Crippen molar-refractivity contribution in [2.45, 2.75) is 26.0 Å².